The first-order chi connectivity index (χ1) is 13.5. The van der Waals surface area contributed by atoms with Crippen molar-refractivity contribution in [2.45, 2.75) is 45.6 Å². The summed E-state index contributed by atoms with van der Waals surface area (Å²) in [7, 11) is 1.39. The number of esters is 1. The van der Waals surface area contributed by atoms with Gasteiger partial charge in [0, 0.05) is 13.0 Å². The lowest BCUT2D eigenvalue weighted by Crippen LogP contribution is -2.06. The number of aryl methyl sites for hydroxylation is 1. The molecular weight excluding hydrogens is 395 g/mol. The van der Waals surface area contributed by atoms with Gasteiger partial charge in [-0.1, -0.05) is 61.5 Å². The van der Waals surface area contributed by atoms with E-state index in [1.807, 2.05) is 30.3 Å². The molecule has 0 amide bonds. The molecule has 0 aliphatic heterocycles. The molecule has 0 saturated heterocycles. The number of benzene rings is 2. The van der Waals surface area contributed by atoms with Gasteiger partial charge in [0.05, 0.1) is 33.8 Å². The maximum absolute atomic E-state index is 11.8. The summed E-state index contributed by atoms with van der Waals surface area (Å²) in [6.45, 7) is 3.08. The molecule has 1 aromatic heterocycles. The molecule has 6 heteroatoms. The Morgan fingerprint density at radius 3 is 2.64 bits per heavy atom. The van der Waals surface area contributed by atoms with Crippen LogP contribution in [0.1, 0.15) is 54.4 Å². The number of imidazole rings is 1. The summed E-state index contributed by atoms with van der Waals surface area (Å²) < 4.78 is 7.05. The van der Waals surface area contributed by atoms with Crippen LogP contribution in [0.15, 0.2) is 36.4 Å². The van der Waals surface area contributed by atoms with Crippen LogP contribution < -0.4 is 0 Å². The van der Waals surface area contributed by atoms with Crippen LogP contribution in [0.25, 0.3) is 11.0 Å². The van der Waals surface area contributed by atoms with E-state index in [9.17, 15) is 4.79 Å². The molecule has 0 fully saturated rings. The molecule has 0 saturated carbocycles. The number of hydrogen-bond donors (Lipinski definition) is 0. The van der Waals surface area contributed by atoms with E-state index in [1.165, 1.54) is 26.4 Å². The minimum Gasteiger partial charge on any atom is -0.465 e. The van der Waals surface area contributed by atoms with Gasteiger partial charge in [0.25, 0.3) is 0 Å². The summed E-state index contributed by atoms with van der Waals surface area (Å²) in [5, 5.41) is 1.03. The quantitative estimate of drug-likeness (QED) is 0.318. The number of halogens is 2. The molecule has 3 aromatic rings. The molecule has 0 aliphatic carbocycles. The van der Waals surface area contributed by atoms with Gasteiger partial charge in [-0.15, -0.1) is 0 Å². The SMILES string of the molecule is CCCCCCn1c(Cc2cccc(C(=O)OC)c2)nc2cc(Cl)c(Cl)cc21. The van der Waals surface area contributed by atoms with E-state index in [2.05, 4.69) is 11.5 Å². The highest BCUT2D eigenvalue weighted by molar-refractivity contribution is 6.42. The second-order valence-corrected chi connectivity index (χ2v) is 7.68. The molecule has 3 rings (SSSR count). The van der Waals surface area contributed by atoms with Crippen LogP contribution in [0, 0.1) is 0 Å². The summed E-state index contributed by atoms with van der Waals surface area (Å²) in [6.07, 6.45) is 5.28. The van der Waals surface area contributed by atoms with Crippen molar-refractivity contribution in [3.05, 3.63) is 63.4 Å². The Balaban J connectivity index is 1.95. The molecule has 0 unspecified atom stereocenters. The average molecular weight is 419 g/mol. The lowest BCUT2D eigenvalue weighted by atomic mass is 10.1. The maximum atomic E-state index is 11.8. The molecule has 0 bridgehead atoms. The van der Waals surface area contributed by atoms with Crippen molar-refractivity contribution < 1.29 is 9.53 Å². The second-order valence-electron chi connectivity index (χ2n) is 6.86. The Morgan fingerprint density at radius 2 is 1.89 bits per heavy atom. The zero-order chi connectivity index (χ0) is 20.1. The van der Waals surface area contributed by atoms with E-state index in [0.29, 0.717) is 22.0 Å². The number of aromatic nitrogens is 2. The van der Waals surface area contributed by atoms with E-state index in [-0.39, 0.29) is 5.97 Å². The summed E-state index contributed by atoms with van der Waals surface area (Å²) in [5.74, 6) is 0.598. The fraction of sp³-hybridized carbons (Fsp3) is 0.364. The number of ether oxygens (including phenoxy) is 1. The van der Waals surface area contributed by atoms with Gasteiger partial charge < -0.3 is 9.30 Å². The van der Waals surface area contributed by atoms with Crippen molar-refractivity contribution in [2.75, 3.05) is 7.11 Å². The van der Waals surface area contributed by atoms with Crippen molar-refractivity contribution in [1.82, 2.24) is 9.55 Å². The Kier molecular flexibility index (Phi) is 6.97. The molecule has 0 atom stereocenters. The number of rotatable bonds is 8. The first-order valence-corrected chi connectivity index (χ1v) is 10.3. The fourth-order valence-corrected chi connectivity index (χ4v) is 3.68. The number of nitrogens with zero attached hydrogens (tertiary/aromatic N) is 2. The van der Waals surface area contributed by atoms with Gasteiger partial charge in [-0.05, 0) is 36.2 Å². The first kappa shape index (κ1) is 20.7. The molecule has 2 aromatic carbocycles. The van der Waals surface area contributed by atoms with Gasteiger partial charge in [0.2, 0.25) is 0 Å². The third-order valence-corrected chi connectivity index (χ3v) is 5.54. The molecule has 0 aliphatic rings. The minimum atomic E-state index is -0.339. The second kappa shape index (κ2) is 9.44. The summed E-state index contributed by atoms with van der Waals surface area (Å²) in [5.41, 5.74) is 3.37. The Hall–Kier alpha value is -2.04. The molecular formula is C22H24Cl2N2O2. The van der Waals surface area contributed by atoms with Gasteiger partial charge in [0.15, 0.2) is 0 Å². The van der Waals surface area contributed by atoms with E-state index in [1.54, 1.807) is 6.07 Å². The highest BCUT2D eigenvalue weighted by atomic mass is 35.5. The monoisotopic (exact) mass is 418 g/mol. The Labute approximate surface area is 175 Å². The number of carbonyl (C=O) groups is 1. The molecule has 28 heavy (non-hydrogen) atoms. The number of hydrogen-bond acceptors (Lipinski definition) is 3. The van der Waals surface area contributed by atoms with Crippen molar-refractivity contribution in [3.63, 3.8) is 0 Å². The van der Waals surface area contributed by atoms with E-state index < -0.39 is 0 Å². The summed E-state index contributed by atoms with van der Waals surface area (Å²) >= 11 is 12.5. The van der Waals surface area contributed by atoms with Crippen LogP contribution in [-0.2, 0) is 17.7 Å². The van der Waals surface area contributed by atoms with Crippen LogP contribution in [-0.4, -0.2) is 22.6 Å². The third-order valence-electron chi connectivity index (χ3n) is 4.81. The number of methoxy groups -OCH3 is 1. The summed E-state index contributed by atoms with van der Waals surface area (Å²) in [6, 6.07) is 11.2. The normalized spacial score (nSPS) is 11.1. The van der Waals surface area contributed by atoms with E-state index >= 15 is 0 Å². The summed E-state index contributed by atoms with van der Waals surface area (Å²) in [4.78, 5) is 16.6. The molecule has 1 heterocycles. The van der Waals surface area contributed by atoms with Gasteiger partial charge >= 0.3 is 5.97 Å². The Morgan fingerprint density at radius 1 is 1.11 bits per heavy atom. The molecule has 148 valence electrons. The van der Waals surface area contributed by atoms with Gasteiger partial charge in [-0.25, -0.2) is 9.78 Å². The number of fused-ring (bicyclic) bond motifs is 1. The molecule has 0 N–H and O–H groups in total. The smallest absolute Gasteiger partial charge is 0.337 e. The zero-order valence-corrected chi connectivity index (χ0v) is 17.7. The molecule has 0 spiro atoms. The van der Waals surface area contributed by atoms with Crippen LogP contribution in [0.3, 0.4) is 0 Å². The lowest BCUT2D eigenvalue weighted by molar-refractivity contribution is 0.0600. The first-order valence-electron chi connectivity index (χ1n) is 9.55. The van der Waals surface area contributed by atoms with E-state index in [4.69, 9.17) is 32.9 Å². The van der Waals surface area contributed by atoms with Crippen LogP contribution in [0.4, 0.5) is 0 Å². The third kappa shape index (κ3) is 4.68. The van der Waals surface area contributed by atoms with Gasteiger partial charge in [-0.3, -0.25) is 0 Å². The van der Waals surface area contributed by atoms with Gasteiger partial charge in [-0.2, -0.15) is 0 Å². The standard InChI is InChI=1S/C22H24Cl2N2O2/c1-3-4-5-6-10-26-20-14-18(24)17(23)13-19(20)25-21(26)12-15-8-7-9-16(11-15)22(27)28-2/h7-9,11,13-14H,3-6,10,12H2,1-2H3. The van der Waals surface area contributed by atoms with Crippen LogP contribution >= 0.6 is 23.2 Å². The lowest BCUT2D eigenvalue weighted by Gasteiger charge is -2.10. The van der Waals surface area contributed by atoms with Gasteiger partial charge in [0.1, 0.15) is 5.82 Å². The average Bonchev–Trinajstić information content (AvgIpc) is 3.01. The number of unbranched alkanes of at least 4 members (excludes halogenated alkanes) is 3. The van der Waals surface area contributed by atoms with Crippen molar-refractivity contribution >= 4 is 40.2 Å². The van der Waals surface area contributed by atoms with Crippen LogP contribution in [0.5, 0.6) is 0 Å². The van der Waals surface area contributed by atoms with Crippen molar-refractivity contribution in [3.8, 4) is 0 Å². The minimum absolute atomic E-state index is 0.339. The largest absolute Gasteiger partial charge is 0.465 e. The maximum Gasteiger partial charge on any atom is 0.337 e. The predicted molar refractivity (Wildman–Crippen MR) is 114 cm³/mol. The zero-order valence-electron chi connectivity index (χ0n) is 16.2. The highest BCUT2D eigenvalue weighted by Crippen LogP contribution is 2.29. The highest BCUT2D eigenvalue weighted by Gasteiger charge is 2.14. The predicted octanol–water partition coefficient (Wildman–Crippen LogP) is 6.30. The van der Waals surface area contributed by atoms with Crippen molar-refractivity contribution in [2.24, 2.45) is 0 Å². The topological polar surface area (TPSA) is 44.1 Å². The van der Waals surface area contributed by atoms with Crippen molar-refractivity contribution in [1.29, 1.82) is 0 Å². The van der Waals surface area contributed by atoms with Crippen LogP contribution in [0.2, 0.25) is 10.0 Å². The molecule has 4 nitrogen and oxygen atoms in total. The number of carbonyl (C=O) groups excluding carboxylic acids is 1. The Bertz CT molecular complexity index is 982. The fourth-order valence-electron chi connectivity index (χ4n) is 3.36. The van der Waals surface area contributed by atoms with E-state index in [0.717, 1.165) is 35.4 Å². The molecule has 0 radical (unpaired) electrons.